The van der Waals surface area contributed by atoms with Gasteiger partial charge in [-0.15, -0.1) is 0 Å². The fourth-order valence-corrected chi connectivity index (χ4v) is 7.30. The van der Waals surface area contributed by atoms with Gasteiger partial charge in [0.25, 0.3) is 0 Å². The Morgan fingerprint density at radius 1 is 1.03 bits per heavy atom. The highest BCUT2D eigenvalue weighted by Crippen LogP contribution is 2.55. The maximum absolute atomic E-state index is 14.0. The van der Waals surface area contributed by atoms with E-state index in [-0.39, 0.29) is 41.4 Å². The molecule has 3 aliphatic rings. The molecule has 1 saturated carbocycles. The van der Waals surface area contributed by atoms with Crippen LogP contribution in [0.4, 0.5) is 0 Å². The SMILES string of the molecule is CC(=O)N1[C@@H](Cc2ccccc2)[C@@H]2C[C@@]3(C)[C@H](CCCC[C@@H]13)N2C(=O)CN(C)Cc1ccccn1. The number of aromatic nitrogens is 1. The maximum Gasteiger partial charge on any atom is 0.237 e. The summed E-state index contributed by atoms with van der Waals surface area (Å²) in [4.78, 5) is 38.0. The van der Waals surface area contributed by atoms with E-state index < -0.39 is 0 Å². The molecule has 6 nitrogen and oxygen atoms in total. The Morgan fingerprint density at radius 2 is 1.71 bits per heavy atom. The maximum atomic E-state index is 14.0. The number of likely N-dealkylation sites (N-methyl/N-ethyl adjacent to an activating group) is 1. The predicted octanol–water partition coefficient (Wildman–Crippen LogP) is 3.91. The highest BCUT2D eigenvalue weighted by Gasteiger charge is 2.63. The second kappa shape index (κ2) is 9.73. The average molecular weight is 475 g/mol. The molecule has 3 heterocycles. The Kier molecular flexibility index (Phi) is 6.67. The quantitative estimate of drug-likeness (QED) is 0.637. The largest absolute Gasteiger partial charge is 0.334 e. The number of piperidine rings is 1. The lowest BCUT2D eigenvalue weighted by molar-refractivity contribution is -0.143. The van der Waals surface area contributed by atoms with Gasteiger partial charge < -0.3 is 9.80 Å². The number of hydrogen-bond acceptors (Lipinski definition) is 4. The zero-order valence-corrected chi connectivity index (χ0v) is 21.3. The third kappa shape index (κ3) is 4.49. The summed E-state index contributed by atoms with van der Waals surface area (Å²) >= 11 is 0. The minimum atomic E-state index is -0.0464. The first kappa shape index (κ1) is 24.0. The summed E-state index contributed by atoms with van der Waals surface area (Å²) in [7, 11) is 2.00. The second-order valence-electron chi connectivity index (χ2n) is 11.1. The number of likely N-dealkylation sites (tertiary alicyclic amines) is 2. The number of carbonyl (C=O) groups excluding carboxylic acids is 2. The Morgan fingerprint density at radius 3 is 2.37 bits per heavy atom. The number of carbonyl (C=O) groups is 2. The Bertz CT molecular complexity index is 1050. The number of rotatable bonds is 6. The van der Waals surface area contributed by atoms with Gasteiger partial charge in [0.05, 0.1) is 24.3 Å². The van der Waals surface area contributed by atoms with Gasteiger partial charge in [-0.25, -0.2) is 0 Å². The molecule has 0 unspecified atom stereocenters. The first-order valence-electron chi connectivity index (χ1n) is 13.1. The third-order valence-corrected chi connectivity index (χ3v) is 8.71. The molecule has 5 atom stereocenters. The van der Waals surface area contributed by atoms with Crippen LogP contribution in [0.2, 0.25) is 0 Å². The molecule has 2 bridgehead atoms. The van der Waals surface area contributed by atoms with Gasteiger partial charge in [0.15, 0.2) is 0 Å². The summed E-state index contributed by atoms with van der Waals surface area (Å²) in [6.45, 7) is 5.07. The van der Waals surface area contributed by atoms with E-state index in [1.165, 1.54) is 5.56 Å². The van der Waals surface area contributed by atoms with E-state index in [0.717, 1.165) is 44.2 Å². The van der Waals surface area contributed by atoms with Crippen molar-refractivity contribution in [3.05, 3.63) is 66.0 Å². The van der Waals surface area contributed by atoms with Gasteiger partial charge in [0, 0.05) is 37.2 Å². The first-order chi connectivity index (χ1) is 16.9. The summed E-state index contributed by atoms with van der Waals surface area (Å²) in [5, 5.41) is 0. The van der Waals surface area contributed by atoms with Crippen molar-refractivity contribution in [1.82, 2.24) is 19.7 Å². The van der Waals surface area contributed by atoms with Crippen LogP contribution < -0.4 is 0 Å². The van der Waals surface area contributed by atoms with E-state index in [0.29, 0.717) is 13.1 Å². The van der Waals surface area contributed by atoms with Gasteiger partial charge in [0.2, 0.25) is 11.8 Å². The lowest BCUT2D eigenvalue weighted by Crippen LogP contribution is -2.61. The van der Waals surface area contributed by atoms with Crippen molar-refractivity contribution in [3.63, 3.8) is 0 Å². The zero-order chi connectivity index (χ0) is 24.6. The molecule has 3 fully saturated rings. The van der Waals surface area contributed by atoms with Crippen molar-refractivity contribution in [2.24, 2.45) is 5.41 Å². The number of nitrogens with zero attached hydrogens (tertiary/aromatic N) is 4. The van der Waals surface area contributed by atoms with E-state index in [4.69, 9.17) is 0 Å². The molecule has 0 spiro atoms. The average Bonchev–Trinajstić information content (AvgIpc) is 2.99. The molecular formula is C29H38N4O2. The summed E-state index contributed by atoms with van der Waals surface area (Å²) in [5.74, 6) is 0.334. The molecule has 0 radical (unpaired) electrons. The normalized spacial score (nSPS) is 29.8. The van der Waals surface area contributed by atoms with Crippen LogP contribution in [-0.4, -0.2) is 69.3 Å². The van der Waals surface area contributed by atoms with Gasteiger partial charge in [-0.2, -0.15) is 0 Å². The Balaban J connectivity index is 1.46. The van der Waals surface area contributed by atoms with Crippen LogP contribution in [0.3, 0.4) is 0 Å². The van der Waals surface area contributed by atoms with Crippen LogP contribution in [0.1, 0.15) is 57.2 Å². The van der Waals surface area contributed by atoms with Crippen molar-refractivity contribution in [1.29, 1.82) is 0 Å². The van der Waals surface area contributed by atoms with E-state index in [9.17, 15) is 9.59 Å². The molecule has 6 heteroatoms. The van der Waals surface area contributed by atoms with Gasteiger partial charge in [-0.05, 0) is 50.4 Å². The fraction of sp³-hybridized carbons (Fsp3) is 0.552. The van der Waals surface area contributed by atoms with E-state index in [1.54, 1.807) is 13.1 Å². The van der Waals surface area contributed by atoms with Crippen LogP contribution >= 0.6 is 0 Å². The van der Waals surface area contributed by atoms with Crippen LogP contribution in [0.5, 0.6) is 0 Å². The summed E-state index contributed by atoms with van der Waals surface area (Å²) in [6.07, 6.45) is 7.87. The van der Waals surface area contributed by atoms with Crippen molar-refractivity contribution in [2.45, 2.75) is 83.1 Å². The molecule has 35 heavy (non-hydrogen) atoms. The number of hydrogen-bond donors (Lipinski definition) is 0. The fourth-order valence-electron chi connectivity index (χ4n) is 7.30. The second-order valence-corrected chi connectivity index (χ2v) is 11.1. The number of amides is 2. The lowest BCUT2D eigenvalue weighted by Gasteiger charge is -2.50. The third-order valence-electron chi connectivity index (χ3n) is 8.71. The molecule has 186 valence electrons. The van der Waals surface area contributed by atoms with Crippen molar-refractivity contribution in [2.75, 3.05) is 13.6 Å². The molecule has 1 aromatic carbocycles. The van der Waals surface area contributed by atoms with Gasteiger partial charge in [0.1, 0.15) is 0 Å². The standard InChI is InChI=1S/C29H38N4O2/c1-21(34)32-24(17-22-11-5-4-6-12-22)25-18-29(2)26(32)14-7-8-15-27(29)33(25)28(35)20-31(3)19-23-13-9-10-16-30-23/h4-6,9-13,16,24-27H,7-8,14-15,17-20H2,1-3H3/t24-,25-,26+,27-,29+/m0/s1. The van der Waals surface area contributed by atoms with E-state index in [1.807, 2.05) is 31.3 Å². The summed E-state index contributed by atoms with van der Waals surface area (Å²) < 4.78 is 0. The van der Waals surface area contributed by atoms with Crippen molar-refractivity contribution in [3.8, 4) is 0 Å². The molecular weight excluding hydrogens is 436 g/mol. The Labute approximate surface area is 209 Å². The van der Waals surface area contributed by atoms with Crippen LogP contribution in [0.15, 0.2) is 54.7 Å². The van der Waals surface area contributed by atoms with Crippen molar-refractivity contribution < 1.29 is 9.59 Å². The highest BCUT2D eigenvalue weighted by molar-refractivity contribution is 5.81. The van der Waals surface area contributed by atoms with E-state index >= 15 is 0 Å². The summed E-state index contributed by atoms with van der Waals surface area (Å²) in [5.41, 5.74) is 2.15. The molecule has 2 saturated heterocycles. The number of fused-ring (bicyclic) bond motifs is 1. The summed E-state index contributed by atoms with van der Waals surface area (Å²) in [6, 6.07) is 16.8. The number of benzene rings is 1. The lowest BCUT2D eigenvalue weighted by atomic mass is 9.69. The predicted molar refractivity (Wildman–Crippen MR) is 136 cm³/mol. The molecule has 5 rings (SSSR count). The van der Waals surface area contributed by atoms with Crippen LogP contribution in [0, 0.1) is 5.41 Å². The van der Waals surface area contributed by atoms with Crippen molar-refractivity contribution >= 4 is 11.8 Å². The molecule has 1 aromatic heterocycles. The van der Waals surface area contributed by atoms with Crippen LogP contribution in [-0.2, 0) is 22.6 Å². The highest BCUT2D eigenvalue weighted by atomic mass is 16.2. The molecule has 1 aliphatic carbocycles. The molecule has 0 N–H and O–H groups in total. The van der Waals surface area contributed by atoms with Gasteiger partial charge in [-0.1, -0.05) is 56.2 Å². The topological polar surface area (TPSA) is 56.8 Å². The van der Waals surface area contributed by atoms with Gasteiger partial charge >= 0.3 is 0 Å². The first-order valence-corrected chi connectivity index (χ1v) is 13.1. The Hall–Kier alpha value is -2.73. The van der Waals surface area contributed by atoms with Crippen LogP contribution in [0.25, 0.3) is 0 Å². The minimum Gasteiger partial charge on any atom is -0.334 e. The minimum absolute atomic E-state index is 0.0149. The van der Waals surface area contributed by atoms with E-state index in [2.05, 4.69) is 50.9 Å². The molecule has 2 amide bonds. The smallest absolute Gasteiger partial charge is 0.237 e. The van der Waals surface area contributed by atoms with Gasteiger partial charge in [-0.3, -0.25) is 19.5 Å². The monoisotopic (exact) mass is 474 g/mol. The number of pyridine rings is 1. The molecule has 2 aromatic rings. The molecule has 2 aliphatic heterocycles. The zero-order valence-electron chi connectivity index (χ0n) is 21.3.